The van der Waals surface area contributed by atoms with Gasteiger partial charge in [0.25, 0.3) is 0 Å². The summed E-state index contributed by atoms with van der Waals surface area (Å²) in [7, 11) is 0. The molecule has 100 valence electrons. The zero-order valence-corrected chi connectivity index (χ0v) is 11.5. The van der Waals surface area contributed by atoms with Crippen molar-refractivity contribution < 1.29 is 4.74 Å². The number of aryl methyl sites for hydroxylation is 1. The number of nitrogens with two attached hydrogens (primary N) is 1. The van der Waals surface area contributed by atoms with Gasteiger partial charge in [0.05, 0.1) is 0 Å². The van der Waals surface area contributed by atoms with Gasteiger partial charge < -0.3 is 10.5 Å². The molecule has 0 radical (unpaired) electrons. The van der Waals surface area contributed by atoms with Gasteiger partial charge in [-0.2, -0.15) is 0 Å². The van der Waals surface area contributed by atoms with E-state index in [1.807, 2.05) is 37.3 Å². The molecule has 3 aromatic carbocycles. The second-order valence-electron chi connectivity index (χ2n) is 4.91. The summed E-state index contributed by atoms with van der Waals surface area (Å²) in [4.78, 5) is 0. The normalized spacial score (nSPS) is 10.7. The third-order valence-electron chi connectivity index (χ3n) is 3.42. The summed E-state index contributed by atoms with van der Waals surface area (Å²) in [5.41, 5.74) is 7.86. The zero-order chi connectivity index (χ0) is 13.9. The van der Waals surface area contributed by atoms with Gasteiger partial charge in [0, 0.05) is 6.54 Å². The summed E-state index contributed by atoms with van der Waals surface area (Å²) in [6.07, 6.45) is 0. The number of hydrogen-bond acceptors (Lipinski definition) is 2. The molecule has 2 heteroatoms. The van der Waals surface area contributed by atoms with E-state index in [1.165, 1.54) is 10.8 Å². The van der Waals surface area contributed by atoms with Crippen LogP contribution in [0, 0.1) is 6.92 Å². The third kappa shape index (κ3) is 2.51. The smallest absolute Gasteiger partial charge is 0.130 e. The Hall–Kier alpha value is -2.32. The highest BCUT2D eigenvalue weighted by Crippen LogP contribution is 2.28. The number of ether oxygens (including phenoxy) is 1. The Bertz CT molecular complexity index is 749. The highest BCUT2D eigenvalue weighted by molar-refractivity contribution is 5.83. The molecule has 3 rings (SSSR count). The van der Waals surface area contributed by atoms with E-state index >= 15 is 0 Å². The monoisotopic (exact) mass is 263 g/mol. The summed E-state index contributed by atoms with van der Waals surface area (Å²) in [6, 6.07) is 20.4. The largest absolute Gasteiger partial charge is 0.457 e. The van der Waals surface area contributed by atoms with Gasteiger partial charge in [0.15, 0.2) is 0 Å². The lowest BCUT2D eigenvalue weighted by Gasteiger charge is -2.10. The molecule has 0 saturated carbocycles. The van der Waals surface area contributed by atoms with Crippen LogP contribution in [0.25, 0.3) is 10.8 Å². The molecular weight excluding hydrogens is 246 g/mol. The number of fused-ring (bicyclic) bond motifs is 1. The quantitative estimate of drug-likeness (QED) is 0.760. The molecule has 20 heavy (non-hydrogen) atoms. The molecule has 2 N–H and O–H groups in total. The van der Waals surface area contributed by atoms with Crippen LogP contribution in [0.4, 0.5) is 0 Å². The van der Waals surface area contributed by atoms with Gasteiger partial charge in [-0.25, -0.2) is 0 Å². The van der Waals surface area contributed by atoms with Crippen molar-refractivity contribution in [2.45, 2.75) is 13.5 Å². The lowest BCUT2D eigenvalue weighted by molar-refractivity contribution is 0.479. The topological polar surface area (TPSA) is 35.2 Å². The molecular formula is C18H17NO. The van der Waals surface area contributed by atoms with Crippen molar-refractivity contribution in [1.82, 2.24) is 0 Å². The molecule has 0 heterocycles. The third-order valence-corrected chi connectivity index (χ3v) is 3.42. The van der Waals surface area contributed by atoms with E-state index in [1.54, 1.807) is 0 Å². The van der Waals surface area contributed by atoms with Crippen molar-refractivity contribution in [3.63, 3.8) is 0 Å². The van der Waals surface area contributed by atoms with Crippen molar-refractivity contribution in [2.75, 3.05) is 0 Å². The minimum absolute atomic E-state index is 0.553. The lowest BCUT2D eigenvalue weighted by Crippen LogP contribution is -1.97. The van der Waals surface area contributed by atoms with Crippen molar-refractivity contribution in [1.29, 1.82) is 0 Å². The zero-order valence-electron chi connectivity index (χ0n) is 11.5. The Morgan fingerprint density at radius 1 is 0.900 bits per heavy atom. The van der Waals surface area contributed by atoms with Crippen LogP contribution in [0.5, 0.6) is 11.5 Å². The van der Waals surface area contributed by atoms with Crippen LogP contribution in [-0.2, 0) is 6.54 Å². The first kappa shape index (κ1) is 12.7. The van der Waals surface area contributed by atoms with Crippen LogP contribution >= 0.6 is 0 Å². The average molecular weight is 263 g/mol. The van der Waals surface area contributed by atoms with E-state index in [-0.39, 0.29) is 0 Å². The van der Waals surface area contributed by atoms with Crippen LogP contribution in [0.2, 0.25) is 0 Å². The molecule has 0 aliphatic heterocycles. The van der Waals surface area contributed by atoms with Gasteiger partial charge in [-0.3, -0.25) is 0 Å². The maximum atomic E-state index is 5.98. The van der Waals surface area contributed by atoms with E-state index in [9.17, 15) is 0 Å². The Morgan fingerprint density at radius 3 is 2.45 bits per heavy atom. The van der Waals surface area contributed by atoms with E-state index in [2.05, 4.69) is 30.3 Å². The molecule has 0 unspecified atom stereocenters. The first-order valence-electron chi connectivity index (χ1n) is 6.72. The van der Waals surface area contributed by atoms with E-state index in [0.29, 0.717) is 6.54 Å². The Labute approximate surface area is 118 Å². The minimum Gasteiger partial charge on any atom is -0.457 e. The molecule has 2 nitrogen and oxygen atoms in total. The van der Waals surface area contributed by atoms with Crippen molar-refractivity contribution in [3.8, 4) is 11.5 Å². The molecule has 0 bridgehead atoms. The van der Waals surface area contributed by atoms with Crippen molar-refractivity contribution in [2.24, 2.45) is 5.73 Å². The predicted molar refractivity (Wildman–Crippen MR) is 83.1 cm³/mol. The van der Waals surface area contributed by atoms with E-state index in [0.717, 1.165) is 22.6 Å². The summed E-state index contributed by atoms with van der Waals surface area (Å²) < 4.78 is 5.98. The second-order valence-corrected chi connectivity index (χ2v) is 4.91. The molecule has 0 saturated heterocycles. The fourth-order valence-corrected chi connectivity index (χ4v) is 2.31. The Morgan fingerprint density at radius 2 is 1.70 bits per heavy atom. The maximum Gasteiger partial charge on any atom is 0.130 e. The highest BCUT2D eigenvalue weighted by atomic mass is 16.5. The van der Waals surface area contributed by atoms with Crippen LogP contribution < -0.4 is 10.5 Å². The fourth-order valence-electron chi connectivity index (χ4n) is 2.31. The van der Waals surface area contributed by atoms with E-state index in [4.69, 9.17) is 10.5 Å². The molecule has 0 amide bonds. The maximum absolute atomic E-state index is 5.98. The Kier molecular flexibility index (Phi) is 3.40. The van der Waals surface area contributed by atoms with Crippen molar-refractivity contribution in [3.05, 3.63) is 71.8 Å². The van der Waals surface area contributed by atoms with Crippen LogP contribution in [0.3, 0.4) is 0 Å². The van der Waals surface area contributed by atoms with Crippen LogP contribution in [0.1, 0.15) is 11.1 Å². The fraction of sp³-hybridized carbons (Fsp3) is 0.111. The summed E-state index contributed by atoms with van der Waals surface area (Å²) in [5.74, 6) is 1.73. The van der Waals surface area contributed by atoms with Gasteiger partial charge in [-0.05, 0) is 47.0 Å². The first-order valence-corrected chi connectivity index (χ1v) is 6.72. The summed E-state index contributed by atoms with van der Waals surface area (Å²) in [6.45, 7) is 2.59. The summed E-state index contributed by atoms with van der Waals surface area (Å²) in [5, 5.41) is 2.40. The second kappa shape index (κ2) is 5.35. The number of benzene rings is 3. The lowest BCUT2D eigenvalue weighted by atomic mass is 10.1. The molecule has 0 aliphatic carbocycles. The van der Waals surface area contributed by atoms with Crippen LogP contribution in [0.15, 0.2) is 60.7 Å². The van der Waals surface area contributed by atoms with Gasteiger partial charge in [-0.1, -0.05) is 42.5 Å². The number of hydrogen-bond donors (Lipinski definition) is 1. The molecule has 0 aliphatic rings. The molecule has 0 fully saturated rings. The SMILES string of the molecule is Cc1cc(CN)ccc1Oc1ccc2ccccc2c1. The summed E-state index contributed by atoms with van der Waals surface area (Å²) >= 11 is 0. The number of rotatable bonds is 3. The van der Waals surface area contributed by atoms with Crippen LogP contribution in [-0.4, -0.2) is 0 Å². The van der Waals surface area contributed by atoms with E-state index < -0.39 is 0 Å². The minimum atomic E-state index is 0.553. The first-order chi connectivity index (χ1) is 9.76. The molecule has 3 aromatic rings. The standard InChI is InChI=1S/C18H17NO/c1-13-10-14(12-19)6-9-18(13)20-17-8-7-15-4-2-3-5-16(15)11-17/h2-11H,12,19H2,1H3. The molecule has 0 atom stereocenters. The molecule has 0 aromatic heterocycles. The average Bonchev–Trinajstić information content (AvgIpc) is 2.49. The molecule has 0 spiro atoms. The van der Waals surface area contributed by atoms with Crippen molar-refractivity contribution >= 4 is 10.8 Å². The Balaban J connectivity index is 1.92. The van der Waals surface area contributed by atoms with Gasteiger partial charge >= 0.3 is 0 Å². The highest BCUT2D eigenvalue weighted by Gasteiger charge is 2.03. The predicted octanol–water partition coefficient (Wildman–Crippen LogP) is 4.40. The van der Waals surface area contributed by atoms with Gasteiger partial charge in [-0.15, -0.1) is 0 Å². The van der Waals surface area contributed by atoms with Gasteiger partial charge in [0.1, 0.15) is 11.5 Å². The van der Waals surface area contributed by atoms with Gasteiger partial charge in [0.2, 0.25) is 0 Å².